The van der Waals surface area contributed by atoms with Gasteiger partial charge in [0.25, 0.3) is 0 Å². The van der Waals surface area contributed by atoms with E-state index in [-0.39, 0.29) is 16.2 Å². The maximum atomic E-state index is 5.17. The highest BCUT2D eigenvalue weighted by atomic mass is 15.1. The normalized spacial score (nSPS) is 13.3. The SMILES string of the molecule is CC1(C)c2ccccc2-c2c1c1c(c3ccccc23)c2ccccc2n1-c1ccc(-n2c3ccccc3c3ccccc32)cc1.CC1(C)c2ccccc2-c2cc3c(cc21)c1cc2ccccc2cc1n3-c1ccc(-c2nc(-c3ccccc3)cc(-c3ccccc3)n2)cn1.CC1(C)c2ccccc2-c2ccc3c4c5ccccc5ccc4n(-c4ccc(-c5nc(-c6ccccc6)nc(-c6ccccc6)n5)cn4)c3c21. The molecule has 3 aliphatic rings. The molecule has 0 radical (unpaired) electrons. The van der Waals surface area contributed by atoms with Gasteiger partial charge in [-0.1, -0.05) is 381 Å². The number of nitrogens with zero attached hydrogens (tertiary/aromatic N) is 11. The lowest BCUT2D eigenvalue weighted by molar-refractivity contribution is 0.661. The predicted octanol–water partition coefficient (Wildman–Crippen LogP) is 33.6. The molecule has 0 aliphatic heterocycles. The van der Waals surface area contributed by atoms with E-state index in [0.29, 0.717) is 23.3 Å². The van der Waals surface area contributed by atoms with Gasteiger partial charge in [-0.3, -0.25) is 9.13 Å². The van der Waals surface area contributed by atoms with E-state index in [1.54, 1.807) is 0 Å². The maximum absolute atomic E-state index is 5.17. The Bertz CT molecular complexity index is 9830. The van der Waals surface area contributed by atoms with Crippen molar-refractivity contribution in [3.63, 3.8) is 0 Å². The van der Waals surface area contributed by atoms with E-state index in [2.05, 4.69) is 406 Å². The average Bonchev–Trinajstić information content (AvgIpc) is 1.53. The van der Waals surface area contributed by atoms with Crippen LogP contribution in [0.15, 0.2) is 455 Å². The summed E-state index contributed by atoms with van der Waals surface area (Å²) in [4.78, 5) is 35.1. The molecule has 30 rings (SSSR count). The summed E-state index contributed by atoms with van der Waals surface area (Å²) in [6, 6.07) is 158. The minimum atomic E-state index is -0.195. The van der Waals surface area contributed by atoms with Crippen LogP contribution in [0.25, 0.3) is 244 Å². The first-order chi connectivity index (χ1) is 71.2. The van der Waals surface area contributed by atoms with Crippen LogP contribution in [-0.4, -0.2) is 53.2 Å². The van der Waals surface area contributed by atoms with Crippen molar-refractivity contribution in [2.75, 3.05) is 0 Å². The van der Waals surface area contributed by atoms with Gasteiger partial charge in [-0.15, -0.1) is 0 Å². The Morgan fingerprint density at radius 3 is 1.21 bits per heavy atom. The number of aromatic nitrogens is 11. The van der Waals surface area contributed by atoms with Crippen LogP contribution in [0.1, 0.15) is 74.9 Å². The summed E-state index contributed by atoms with van der Waals surface area (Å²) in [7, 11) is 0. The lowest BCUT2D eigenvalue weighted by atomic mass is 9.80. The summed E-state index contributed by atoms with van der Waals surface area (Å²) < 4.78 is 9.61. The van der Waals surface area contributed by atoms with Gasteiger partial charge in [-0.2, -0.15) is 0 Å². The summed E-state index contributed by atoms with van der Waals surface area (Å²) in [6.45, 7) is 14.2. The molecule has 0 amide bonds. The summed E-state index contributed by atoms with van der Waals surface area (Å²) >= 11 is 0. The van der Waals surface area contributed by atoms with Crippen molar-refractivity contribution in [3.05, 3.63) is 489 Å². The van der Waals surface area contributed by atoms with Crippen LogP contribution in [-0.2, 0) is 16.2 Å². The third kappa shape index (κ3) is 13.2. The fourth-order valence-electron chi connectivity index (χ4n) is 24.2. The van der Waals surface area contributed by atoms with Crippen molar-refractivity contribution in [1.82, 2.24) is 53.2 Å². The average molecular weight is 1860 g/mol. The molecule has 0 spiro atoms. The molecule has 0 saturated carbocycles. The van der Waals surface area contributed by atoms with Crippen molar-refractivity contribution in [1.29, 1.82) is 0 Å². The Kier molecular flexibility index (Phi) is 19.2. The van der Waals surface area contributed by atoms with Crippen LogP contribution in [0.2, 0.25) is 0 Å². The van der Waals surface area contributed by atoms with Crippen molar-refractivity contribution in [3.8, 4) is 124 Å². The number of fused-ring (bicyclic) bond motifs is 29. The van der Waals surface area contributed by atoms with Crippen molar-refractivity contribution in [2.45, 2.75) is 57.8 Å². The van der Waals surface area contributed by atoms with E-state index >= 15 is 0 Å². The zero-order chi connectivity index (χ0) is 96.7. The summed E-state index contributed by atoms with van der Waals surface area (Å²) in [5.41, 5.74) is 35.2. The molecule has 27 aromatic rings. The molecule has 0 N–H and O–H groups in total. The highest BCUT2D eigenvalue weighted by Crippen LogP contribution is 2.59. The van der Waals surface area contributed by atoms with Gasteiger partial charge in [0.15, 0.2) is 23.3 Å². The van der Waals surface area contributed by atoms with Gasteiger partial charge < -0.3 is 9.13 Å². The number of hydrogen-bond acceptors (Lipinski definition) is 7. The van der Waals surface area contributed by atoms with Gasteiger partial charge in [0, 0.05) is 116 Å². The summed E-state index contributed by atoms with van der Waals surface area (Å²) in [5.74, 6) is 4.20. The molecule has 684 valence electrons. The zero-order valence-corrected chi connectivity index (χ0v) is 80.7. The third-order valence-electron chi connectivity index (χ3n) is 31.0. The smallest absolute Gasteiger partial charge is 0.165 e. The Labute approximate surface area is 837 Å². The highest BCUT2D eigenvalue weighted by Gasteiger charge is 2.43. The van der Waals surface area contributed by atoms with Crippen LogP contribution < -0.4 is 0 Å². The lowest BCUT2D eigenvalue weighted by Gasteiger charge is -2.24. The largest absolute Gasteiger partial charge is 0.309 e. The summed E-state index contributed by atoms with van der Waals surface area (Å²) in [5, 5.41) is 17.7. The molecular formula is C134H93N11. The molecule has 0 unspecified atom stereocenters. The second-order valence-corrected chi connectivity index (χ2v) is 40.2. The fraction of sp³-hybridized carbons (Fsp3) is 0.0672. The Morgan fingerprint density at radius 2 is 0.628 bits per heavy atom. The van der Waals surface area contributed by atoms with Gasteiger partial charge in [0.2, 0.25) is 0 Å². The van der Waals surface area contributed by atoms with Crippen LogP contribution in [0.3, 0.4) is 0 Å². The Balaban J connectivity index is 0.000000106. The standard InChI is InChI=1S/C46H32N4.C45H31N5.C43H30N2/c1-46(2)38-20-12-11-19-34(38)35-26-43-37(25-39(35)46)36-23-31-17-9-10-18-32(31)24-42(36)50(43)44-22-21-33(28-47-44)45-48-40(29-13-5-3-6-14-29)27-41(49-45)30-15-7-4-8-16-30;1-45(2)36-20-12-11-19-33(36)34-23-24-35-39-32-18-10-9-13-28(32)21-25-37(39)50(41(35)40(34)45)38-26-22-31(27-46-38)44-48-42(29-14-5-3-6-15-29)47-43(49-44)30-16-7-4-8-17-30;1-43(2)35-19-9-5-17-33(35)39-31-15-3-4-16-32(31)40-34-18-8-12-22-38(34)45(42(40)41(39)43)28-25-23-27(24-26-28)44-36-20-10-6-13-29(36)30-14-7-11-21-37(30)44/h3-28H,1-2H3;3-27H,1-2H3;3-26H,1-2H3. The Hall–Kier alpha value is -18.5. The van der Waals surface area contributed by atoms with Gasteiger partial charge in [0.05, 0.1) is 55.5 Å². The molecule has 11 nitrogen and oxygen atoms in total. The van der Waals surface area contributed by atoms with Crippen molar-refractivity contribution in [2.24, 2.45) is 0 Å². The molecule has 8 heterocycles. The van der Waals surface area contributed by atoms with E-state index in [4.69, 9.17) is 34.9 Å². The molecule has 145 heavy (non-hydrogen) atoms. The van der Waals surface area contributed by atoms with Crippen LogP contribution in [0, 0.1) is 0 Å². The fourth-order valence-corrected chi connectivity index (χ4v) is 24.2. The minimum Gasteiger partial charge on any atom is -0.309 e. The second kappa shape index (κ2) is 32.8. The van der Waals surface area contributed by atoms with Gasteiger partial charge in [0.1, 0.15) is 11.6 Å². The lowest BCUT2D eigenvalue weighted by Crippen LogP contribution is -2.16. The summed E-state index contributed by atoms with van der Waals surface area (Å²) in [6.07, 6.45) is 3.81. The molecule has 3 aliphatic carbocycles. The van der Waals surface area contributed by atoms with E-state index in [1.165, 1.54) is 181 Å². The highest BCUT2D eigenvalue weighted by molar-refractivity contribution is 6.28. The number of hydrogen-bond donors (Lipinski definition) is 0. The van der Waals surface area contributed by atoms with Crippen LogP contribution in [0.4, 0.5) is 0 Å². The molecule has 0 fully saturated rings. The molecule has 8 aromatic heterocycles. The first kappa shape index (κ1) is 84.6. The minimum absolute atomic E-state index is 0.0851. The first-order valence-corrected chi connectivity index (χ1v) is 49.9. The zero-order valence-electron chi connectivity index (χ0n) is 80.7. The number of para-hydroxylation sites is 3. The number of rotatable bonds is 10. The quantitative estimate of drug-likeness (QED) is 0.134. The topological polar surface area (TPSA) is 110 Å². The number of pyridine rings is 2. The first-order valence-electron chi connectivity index (χ1n) is 49.9. The van der Waals surface area contributed by atoms with Crippen molar-refractivity contribution < 1.29 is 0 Å². The molecule has 19 aromatic carbocycles. The molecule has 11 heteroatoms. The van der Waals surface area contributed by atoms with Gasteiger partial charge in [-0.05, 0) is 202 Å². The second-order valence-electron chi connectivity index (χ2n) is 40.2. The van der Waals surface area contributed by atoms with Gasteiger partial charge in [-0.25, -0.2) is 34.9 Å². The molecule has 0 bridgehead atoms. The van der Waals surface area contributed by atoms with E-state index in [0.717, 1.165) is 73.0 Å². The van der Waals surface area contributed by atoms with E-state index in [9.17, 15) is 0 Å². The third-order valence-corrected chi connectivity index (χ3v) is 31.0. The van der Waals surface area contributed by atoms with E-state index in [1.807, 2.05) is 109 Å². The number of benzene rings is 19. The van der Waals surface area contributed by atoms with Crippen LogP contribution >= 0.6 is 0 Å². The molecule has 0 atom stereocenters. The maximum Gasteiger partial charge on any atom is 0.165 e. The van der Waals surface area contributed by atoms with Gasteiger partial charge >= 0.3 is 0 Å². The van der Waals surface area contributed by atoms with Crippen molar-refractivity contribution >= 4 is 120 Å². The monoisotopic (exact) mass is 1860 g/mol. The molecule has 0 saturated heterocycles. The predicted molar refractivity (Wildman–Crippen MR) is 599 cm³/mol. The molecular weight excluding hydrogens is 1760 g/mol. The van der Waals surface area contributed by atoms with E-state index < -0.39 is 0 Å². The van der Waals surface area contributed by atoms with Crippen LogP contribution in [0.5, 0.6) is 0 Å². The Morgan fingerprint density at radius 1 is 0.200 bits per heavy atom.